The molecule has 0 spiro atoms. The van der Waals surface area contributed by atoms with Crippen LogP contribution in [0.15, 0.2) is 0 Å². The highest BCUT2D eigenvalue weighted by atomic mass is 31.2. The second-order valence-corrected chi connectivity index (χ2v) is 4.20. The van der Waals surface area contributed by atoms with Crippen molar-refractivity contribution in [2.45, 2.75) is 18.0 Å². The van der Waals surface area contributed by atoms with Gasteiger partial charge >= 0.3 is 18.0 Å². The highest BCUT2D eigenvalue weighted by molar-refractivity contribution is 7.45. The van der Waals surface area contributed by atoms with E-state index < -0.39 is 32.5 Å². The topological polar surface area (TPSA) is 58.6 Å². The molecule has 0 bridgehead atoms. The summed E-state index contributed by atoms with van der Waals surface area (Å²) in [6.45, 7) is -2.69. The fraction of sp³-hybridized carbons (Fsp3) is 1.00. The van der Waals surface area contributed by atoms with Crippen molar-refractivity contribution in [2.75, 3.05) is 13.7 Å². The third kappa shape index (κ3) is 3.80. The molecule has 0 heterocycles. The standard InChI is InChI=1S/C5H6F7O4P/c1-15-17(13,14)16-2-3(6,7)4(8,9)5(10,11)12/h2H2,1H3,(H,13,14)/p-1. The van der Waals surface area contributed by atoms with Gasteiger partial charge in [-0.15, -0.1) is 0 Å². The zero-order chi connectivity index (χ0) is 14.1. The van der Waals surface area contributed by atoms with E-state index in [1.54, 1.807) is 0 Å². The first-order chi connectivity index (χ1) is 7.27. The van der Waals surface area contributed by atoms with Crippen molar-refractivity contribution in [2.24, 2.45) is 0 Å². The van der Waals surface area contributed by atoms with Crippen LogP contribution in [0.25, 0.3) is 0 Å². The van der Waals surface area contributed by atoms with Crippen LogP contribution in [0.3, 0.4) is 0 Å². The van der Waals surface area contributed by atoms with Gasteiger partial charge in [-0.3, -0.25) is 4.57 Å². The molecule has 17 heavy (non-hydrogen) atoms. The van der Waals surface area contributed by atoms with E-state index in [1.807, 2.05) is 0 Å². The maximum Gasteiger partial charge on any atom is 0.459 e. The number of alkyl halides is 7. The molecule has 0 fully saturated rings. The van der Waals surface area contributed by atoms with Crippen LogP contribution in [0.2, 0.25) is 0 Å². The Morgan fingerprint density at radius 3 is 1.82 bits per heavy atom. The third-order valence-corrected chi connectivity index (χ3v) is 2.34. The van der Waals surface area contributed by atoms with Gasteiger partial charge in [-0.05, 0) is 0 Å². The van der Waals surface area contributed by atoms with E-state index >= 15 is 0 Å². The van der Waals surface area contributed by atoms with Crippen molar-refractivity contribution in [1.29, 1.82) is 0 Å². The number of halogens is 7. The lowest BCUT2D eigenvalue weighted by molar-refractivity contribution is -0.360. The van der Waals surface area contributed by atoms with E-state index in [1.165, 1.54) is 0 Å². The Morgan fingerprint density at radius 1 is 1.12 bits per heavy atom. The van der Waals surface area contributed by atoms with Gasteiger partial charge in [0.1, 0.15) is 6.61 Å². The van der Waals surface area contributed by atoms with Gasteiger partial charge in [0, 0.05) is 7.11 Å². The molecule has 0 aliphatic heterocycles. The quantitative estimate of drug-likeness (QED) is 0.574. The summed E-state index contributed by atoms with van der Waals surface area (Å²) in [6, 6.07) is 0. The molecule has 0 saturated carbocycles. The zero-order valence-corrected chi connectivity index (χ0v) is 8.83. The first kappa shape index (κ1) is 16.6. The normalized spacial score (nSPS) is 17.9. The summed E-state index contributed by atoms with van der Waals surface area (Å²) in [4.78, 5) is 10.3. The number of hydrogen-bond donors (Lipinski definition) is 0. The summed E-state index contributed by atoms with van der Waals surface area (Å²) in [5, 5.41) is 0. The van der Waals surface area contributed by atoms with E-state index in [0.717, 1.165) is 0 Å². The van der Waals surface area contributed by atoms with Crippen molar-refractivity contribution in [1.82, 2.24) is 0 Å². The molecule has 0 aromatic carbocycles. The van der Waals surface area contributed by atoms with Gasteiger partial charge in [0.15, 0.2) is 0 Å². The fourth-order valence-corrected chi connectivity index (χ4v) is 0.936. The molecule has 0 aromatic rings. The molecule has 0 aliphatic rings. The van der Waals surface area contributed by atoms with Gasteiger partial charge in [-0.2, -0.15) is 30.7 Å². The summed E-state index contributed by atoms with van der Waals surface area (Å²) >= 11 is 0. The molecular formula is C5H5F7O4P-. The third-order valence-electron chi connectivity index (χ3n) is 1.44. The average Bonchev–Trinajstić information content (AvgIpc) is 2.13. The van der Waals surface area contributed by atoms with Gasteiger partial charge in [0.05, 0.1) is 0 Å². The Balaban J connectivity index is 4.87. The summed E-state index contributed by atoms with van der Waals surface area (Å²) in [6.07, 6.45) is -6.54. The molecule has 0 amide bonds. The Kier molecular flexibility index (Phi) is 4.61. The van der Waals surface area contributed by atoms with Crippen molar-refractivity contribution in [3.05, 3.63) is 0 Å². The van der Waals surface area contributed by atoms with Gasteiger partial charge in [-0.1, -0.05) is 0 Å². The predicted molar refractivity (Wildman–Crippen MR) is 36.5 cm³/mol. The van der Waals surface area contributed by atoms with Gasteiger partial charge in [-0.25, -0.2) is 0 Å². The smallest absolute Gasteiger partial charge is 0.459 e. The largest absolute Gasteiger partial charge is 0.756 e. The lowest BCUT2D eigenvalue weighted by atomic mass is 10.2. The van der Waals surface area contributed by atoms with Crippen LogP contribution >= 0.6 is 7.82 Å². The molecule has 0 saturated heterocycles. The maximum atomic E-state index is 12.5. The van der Waals surface area contributed by atoms with Gasteiger partial charge in [0.2, 0.25) is 0 Å². The molecule has 1 unspecified atom stereocenters. The minimum atomic E-state index is -6.54. The van der Waals surface area contributed by atoms with Crippen LogP contribution in [0, 0.1) is 0 Å². The van der Waals surface area contributed by atoms with Crippen LogP contribution in [0.4, 0.5) is 30.7 Å². The van der Waals surface area contributed by atoms with Gasteiger partial charge in [0.25, 0.3) is 7.82 Å². The maximum absolute atomic E-state index is 12.5. The molecule has 0 radical (unpaired) electrons. The summed E-state index contributed by atoms with van der Waals surface area (Å²) in [5.41, 5.74) is 0. The first-order valence-corrected chi connectivity index (χ1v) is 5.06. The van der Waals surface area contributed by atoms with E-state index in [2.05, 4.69) is 9.05 Å². The molecule has 0 rings (SSSR count). The number of phosphoric ester groups is 1. The van der Waals surface area contributed by atoms with E-state index in [4.69, 9.17) is 0 Å². The first-order valence-electron chi connectivity index (χ1n) is 3.60. The number of rotatable bonds is 5. The molecular weight excluding hydrogens is 288 g/mol. The molecule has 1 atom stereocenters. The molecule has 12 heteroatoms. The van der Waals surface area contributed by atoms with E-state index in [9.17, 15) is 40.2 Å². The van der Waals surface area contributed by atoms with Crippen LogP contribution in [-0.4, -0.2) is 31.7 Å². The lowest BCUT2D eigenvalue weighted by Gasteiger charge is -2.30. The van der Waals surface area contributed by atoms with Crippen LogP contribution in [0.1, 0.15) is 0 Å². The summed E-state index contributed by atoms with van der Waals surface area (Å²) < 4.78 is 101. The average molecular weight is 293 g/mol. The highest BCUT2D eigenvalue weighted by Crippen LogP contribution is 2.48. The van der Waals surface area contributed by atoms with Crippen molar-refractivity contribution in [3.63, 3.8) is 0 Å². The van der Waals surface area contributed by atoms with E-state index in [0.29, 0.717) is 7.11 Å². The van der Waals surface area contributed by atoms with Crippen LogP contribution < -0.4 is 4.89 Å². The summed E-state index contributed by atoms with van der Waals surface area (Å²) in [5.74, 6) is -12.2. The monoisotopic (exact) mass is 293 g/mol. The summed E-state index contributed by atoms with van der Waals surface area (Å²) in [7, 11) is -4.87. The minimum Gasteiger partial charge on any atom is -0.756 e. The van der Waals surface area contributed by atoms with Crippen molar-refractivity contribution in [3.8, 4) is 0 Å². The molecule has 4 nitrogen and oxygen atoms in total. The Morgan fingerprint density at radius 2 is 1.53 bits per heavy atom. The van der Waals surface area contributed by atoms with E-state index in [-0.39, 0.29) is 0 Å². The zero-order valence-electron chi connectivity index (χ0n) is 7.93. The minimum absolute atomic E-state index is 0.452. The Labute approximate surface area is 89.9 Å². The van der Waals surface area contributed by atoms with Crippen molar-refractivity contribution < 1.29 is 49.2 Å². The predicted octanol–water partition coefficient (Wildman–Crippen LogP) is 1.95. The fourth-order valence-electron chi connectivity index (χ4n) is 0.511. The number of hydrogen-bond acceptors (Lipinski definition) is 4. The second-order valence-electron chi connectivity index (χ2n) is 2.68. The van der Waals surface area contributed by atoms with Crippen LogP contribution in [-0.2, 0) is 13.6 Å². The highest BCUT2D eigenvalue weighted by Gasteiger charge is 2.73. The van der Waals surface area contributed by atoms with Crippen molar-refractivity contribution >= 4 is 7.82 Å². The molecule has 0 aliphatic carbocycles. The SMILES string of the molecule is COP(=O)([O-])OCC(F)(F)C(F)(F)C(F)(F)F. The number of phosphoric acid groups is 1. The Hall–Kier alpha value is -0.380. The lowest BCUT2D eigenvalue weighted by Crippen LogP contribution is -2.54. The second kappa shape index (κ2) is 4.71. The molecule has 0 N–H and O–H groups in total. The Bertz CT molecular complexity index is 314. The van der Waals surface area contributed by atoms with Gasteiger partial charge < -0.3 is 13.9 Å². The molecule has 104 valence electrons. The van der Waals surface area contributed by atoms with Crippen LogP contribution in [0.5, 0.6) is 0 Å². The molecule has 0 aromatic heterocycles.